The van der Waals surface area contributed by atoms with Crippen molar-refractivity contribution in [3.63, 3.8) is 0 Å². The van der Waals surface area contributed by atoms with Crippen molar-refractivity contribution in [2.45, 2.75) is 64.1 Å². The molecule has 0 spiro atoms. The molecule has 0 radical (unpaired) electrons. The number of methoxy groups -OCH3 is 1. The zero-order valence-electron chi connectivity index (χ0n) is 25.2. The molecule has 0 aliphatic rings. The van der Waals surface area contributed by atoms with Crippen molar-refractivity contribution in [1.29, 1.82) is 0 Å². The molecule has 0 saturated heterocycles. The molecule has 232 valence electrons. The van der Waals surface area contributed by atoms with Gasteiger partial charge in [-0.1, -0.05) is 41.9 Å². The third-order valence-electron chi connectivity index (χ3n) is 7.02. The molecule has 0 fully saturated rings. The first-order valence-corrected chi connectivity index (χ1v) is 16.5. The van der Waals surface area contributed by atoms with Crippen LogP contribution in [0.1, 0.15) is 46.1 Å². The van der Waals surface area contributed by atoms with Crippen LogP contribution in [0.15, 0.2) is 82.2 Å². The van der Waals surface area contributed by atoms with Gasteiger partial charge in [-0.3, -0.25) is 13.9 Å². The number of ether oxygens (including phenoxy) is 2. The molecule has 3 aromatic carbocycles. The summed E-state index contributed by atoms with van der Waals surface area (Å²) in [5, 5.41) is 2.98. The lowest BCUT2D eigenvalue weighted by Gasteiger charge is -2.33. The molecule has 0 unspecified atom stereocenters. The van der Waals surface area contributed by atoms with Crippen LogP contribution in [-0.4, -0.2) is 57.5 Å². The molecule has 0 bridgehead atoms. The van der Waals surface area contributed by atoms with Crippen LogP contribution in [0.5, 0.6) is 11.5 Å². The van der Waals surface area contributed by atoms with Crippen molar-refractivity contribution in [3.05, 3.63) is 82.8 Å². The van der Waals surface area contributed by atoms with E-state index in [-0.39, 0.29) is 23.4 Å². The Morgan fingerprint density at radius 2 is 1.49 bits per heavy atom. The Bertz CT molecular complexity index is 1450. The van der Waals surface area contributed by atoms with Gasteiger partial charge in [-0.2, -0.15) is 0 Å². The first-order valence-electron chi connectivity index (χ1n) is 14.3. The van der Waals surface area contributed by atoms with Crippen LogP contribution >= 0.6 is 15.9 Å². The monoisotopic (exact) mass is 673 g/mol. The van der Waals surface area contributed by atoms with Gasteiger partial charge in [0.25, 0.3) is 10.0 Å². The lowest BCUT2D eigenvalue weighted by molar-refractivity contribution is -0.140. The highest BCUT2D eigenvalue weighted by Gasteiger charge is 2.34. The molecular formula is C32H40BrN3O6S. The van der Waals surface area contributed by atoms with Gasteiger partial charge in [-0.05, 0) is 92.9 Å². The highest BCUT2D eigenvalue weighted by Crippen LogP contribution is 2.28. The van der Waals surface area contributed by atoms with Crippen LogP contribution in [0, 0.1) is 0 Å². The van der Waals surface area contributed by atoms with Gasteiger partial charge in [-0.25, -0.2) is 8.42 Å². The number of halogens is 1. The fraction of sp³-hybridized carbons (Fsp3) is 0.375. The lowest BCUT2D eigenvalue weighted by atomic mass is 10.1. The van der Waals surface area contributed by atoms with Crippen LogP contribution in [0.3, 0.4) is 0 Å². The van der Waals surface area contributed by atoms with Crippen LogP contribution in [0.25, 0.3) is 0 Å². The summed E-state index contributed by atoms with van der Waals surface area (Å²) in [4.78, 5) is 29.1. The molecule has 3 aromatic rings. The maximum Gasteiger partial charge on any atom is 0.264 e. The largest absolute Gasteiger partial charge is 0.497 e. The zero-order valence-corrected chi connectivity index (χ0v) is 27.7. The van der Waals surface area contributed by atoms with Crippen LogP contribution in [0.2, 0.25) is 0 Å². The van der Waals surface area contributed by atoms with Crippen molar-refractivity contribution >= 4 is 43.5 Å². The van der Waals surface area contributed by atoms with E-state index in [1.807, 2.05) is 39.8 Å². The molecule has 0 aromatic heterocycles. The molecule has 9 nitrogen and oxygen atoms in total. The van der Waals surface area contributed by atoms with E-state index in [0.29, 0.717) is 30.2 Å². The highest BCUT2D eigenvalue weighted by atomic mass is 79.9. The molecule has 3 rings (SSSR count). The molecule has 11 heteroatoms. The summed E-state index contributed by atoms with van der Waals surface area (Å²) in [7, 11) is -2.61. The number of amides is 2. The maximum atomic E-state index is 14.2. The number of carbonyl (C=O) groups excluding carboxylic acids is 2. The van der Waals surface area contributed by atoms with E-state index in [1.165, 1.54) is 17.0 Å². The lowest BCUT2D eigenvalue weighted by Crippen LogP contribution is -2.53. The molecular weight excluding hydrogens is 634 g/mol. The molecule has 1 N–H and O–H groups in total. The topological polar surface area (TPSA) is 105 Å². The minimum atomic E-state index is -4.17. The number of nitrogens with zero attached hydrogens (tertiary/aromatic N) is 2. The Kier molecular flexibility index (Phi) is 12.4. The third-order valence-corrected chi connectivity index (χ3v) is 9.33. The van der Waals surface area contributed by atoms with E-state index in [2.05, 4.69) is 21.2 Å². The number of anilines is 1. The molecule has 2 atom stereocenters. The van der Waals surface area contributed by atoms with Gasteiger partial charge in [0.05, 0.1) is 24.3 Å². The van der Waals surface area contributed by atoms with Crippen molar-refractivity contribution < 1.29 is 27.5 Å². The number of carbonyl (C=O) groups is 2. The van der Waals surface area contributed by atoms with Gasteiger partial charge in [-0.15, -0.1) is 0 Å². The average molecular weight is 675 g/mol. The minimum absolute atomic E-state index is 0.0284. The van der Waals surface area contributed by atoms with E-state index >= 15 is 0 Å². The van der Waals surface area contributed by atoms with Crippen molar-refractivity contribution in [3.8, 4) is 11.5 Å². The predicted molar refractivity (Wildman–Crippen MR) is 172 cm³/mol. The second-order valence-corrected chi connectivity index (χ2v) is 12.8. The number of hydrogen-bond acceptors (Lipinski definition) is 6. The maximum absolute atomic E-state index is 14.2. The summed E-state index contributed by atoms with van der Waals surface area (Å²) in [6.45, 7) is 7.59. The smallest absolute Gasteiger partial charge is 0.264 e. The van der Waals surface area contributed by atoms with Gasteiger partial charge in [0.1, 0.15) is 24.1 Å². The second kappa shape index (κ2) is 15.8. The van der Waals surface area contributed by atoms with Crippen LogP contribution in [0.4, 0.5) is 5.69 Å². The number of benzene rings is 3. The Balaban J connectivity index is 2.06. The van der Waals surface area contributed by atoms with E-state index in [4.69, 9.17) is 9.47 Å². The average Bonchev–Trinajstić information content (AvgIpc) is 3.00. The fourth-order valence-corrected chi connectivity index (χ4v) is 6.10. The van der Waals surface area contributed by atoms with Crippen molar-refractivity contribution in [2.24, 2.45) is 0 Å². The minimum Gasteiger partial charge on any atom is -0.497 e. The molecule has 0 heterocycles. The first kappa shape index (κ1) is 33.9. The van der Waals surface area contributed by atoms with Gasteiger partial charge >= 0.3 is 0 Å². The number of rotatable bonds is 15. The van der Waals surface area contributed by atoms with Gasteiger partial charge in [0, 0.05) is 17.1 Å². The summed E-state index contributed by atoms with van der Waals surface area (Å²) >= 11 is 3.35. The van der Waals surface area contributed by atoms with E-state index in [0.717, 1.165) is 20.8 Å². The Hall–Kier alpha value is -3.57. The molecule has 0 aliphatic carbocycles. The van der Waals surface area contributed by atoms with Gasteiger partial charge < -0.3 is 19.7 Å². The highest BCUT2D eigenvalue weighted by molar-refractivity contribution is 9.10. The summed E-state index contributed by atoms with van der Waals surface area (Å²) in [5.74, 6) is 0.427. The zero-order chi connectivity index (χ0) is 31.6. The standard InChI is InChI=1S/C32H40BrN3O6S/c1-6-23(4)34-32(38)30(7-2)35(21-24-9-15-27(41-5)16-10-24)31(37)22-36(26-13-17-28(18-14-26)42-8-3)43(39,40)29-19-11-25(33)12-20-29/h9-20,23,30H,6-8,21-22H2,1-5H3,(H,34,38)/t23-,30+/m0/s1. The molecule has 43 heavy (non-hydrogen) atoms. The SMILES string of the molecule is CCOc1ccc(N(CC(=O)N(Cc2ccc(OC)cc2)[C@H](CC)C(=O)N[C@@H](C)CC)S(=O)(=O)c2ccc(Br)cc2)cc1. The van der Waals surface area contributed by atoms with Crippen LogP contribution in [-0.2, 0) is 26.2 Å². The van der Waals surface area contributed by atoms with Gasteiger partial charge in [0.15, 0.2) is 0 Å². The Labute approximate surface area is 263 Å². The Morgan fingerprint density at radius 1 is 0.884 bits per heavy atom. The van der Waals surface area contributed by atoms with Crippen LogP contribution < -0.4 is 19.1 Å². The van der Waals surface area contributed by atoms with Crippen molar-refractivity contribution in [2.75, 3.05) is 24.6 Å². The summed E-state index contributed by atoms with van der Waals surface area (Å²) in [6.07, 6.45) is 1.07. The number of hydrogen-bond donors (Lipinski definition) is 1. The summed E-state index contributed by atoms with van der Waals surface area (Å²) in [5.41, 5.74) is 1.06. The van der Waals surface area contributed by atoms with E-state index in [9.17, 15) is 18.0 Å². The fourth-order valence-electron chi connectivity index (χ4n) is 4.43. The molecule has 2 amide bonds. The third kappa shape index (κ3) is 8.96. The van der Waals surface area contributed by atoms with E-state index < -0.39 is 28.5 Å². The number of sulfonamides is 1. The number of nitrogens with one attached hydrogen (secondary N) is 1. The first-order chi connectivity index (χ1) is 20.5. The predicted octanol–water partition coefficient (Wildman–Crippen LogP) is 5.77. The van der Waals surface area contributed by atoms with E-state index in [1.54, 1.807) is 55.6 Å². The summed E-state index contributed by atoms with van der Waals surface area (Å²) < 4.78 is 40.6. The molecule has 0 aliphatic heterocycles. The second-order valence-electron chi connectivity index (χ2n) is 10.0. The summed E-state index contributed by atoms with van der Waals surface area (Å²) in [6, 6.07) is 19.1. The Morgan fingerprint density at radius 3 is 2.02 bits per heavy atom. The van der Waals surface area contributed by atoms with Gasteiger partial charge in [0.2, 0.25) is 11.8 Å². The van der Waals surface area contributed by atoms with Crippen molar-refractivity contribution in [1.82, 2.24) is 10.2 Å². The normalized spacial score (nSPS) is 12.6. The molecule has 0 saturated carbocycles. The quantitative estimate of drug-likeness (QED) is 0.220.